The number of amides is 1. The van der Waals surface area contributed by atoms with Gasteiger partial charge in [0.15, 0.2) is 0 Å². The van der Waals surface area contributed by atoms with E-state index in [9.17, 15) is 23.3 Å². The molecule has 0 unspecified atom stereocenters. The molecular weight excluding hydrogens is 348 g/mol. The number of carbonyl (C=O) groups is 1. The number of nitro groups is 1. The van der Waals surface area contributed by atoms with Crippen LogP contribution in [0.5, 0.6) is 0 Å². The molecule has 2 aromatic rings. The smallest absolute Gasteiger partial charge is 0.272 e. The lowest BCUT2D eigenvalue weighted by Gasteiger charge is -2.05. The van der Waals surface area contributed by atoms with Gasteiger partial charge in [-0.15, -0.1) is 0 Å². The Morgan fingerprint density at radius 2 is 1.76 bits per heavy atom. The van der Waals surface area contributed by atoms with Gasteiger partial charge in [0.25, 0.3) is 11.6 Å². The standard InChI is InChI=1S/C15H14N4O5S/c20-15(11-17-25(23,24)13-7-2-1-3-8-13)18-16-10-12-6-4-5-9-14(12)19(21)22/h1-10,17H,11H2,(H,18,20)/b16-10-. The highest BCUT2D eigenvalue weighted by Gasteiger charge is 2.14. The molecule has 1 amide bonds. The summed E-state index contributed by atoms with van der Waals surface area (Å²) < 4.78 is 26.0. The van der Waals surface area contributed by atoms with Crippen molar-refractivity contribution in [3.05, 3.63) is 70.3 Å². The maximum absolute atomic E-state index is 11.9. The maximum atomic E-state index is 11.9. The van der Waals surface area contributed by atoms with Gasteiger partial charge in [-0.3, -0.25) is 14.9 Å². The minimum Gasteiger partial charge on any atom is -0.272 e. The molecule has 0 aliphatic rings. The zero-order valence-corrected chi connectivity index (χ0v) is 13.6. The Bertz CT molecular complexity index is 897. The molecule has 10 heteroatoms. The van der Waals surface area contributed by atoms with E-state index in [-0.39, 0.29) is 16.1 Å². The Morgan fingerprint density at radius 1 is 1.12 bits per heavy atom. The van der Waals surface area contributed by atoms with Crippen molar-refractivity contribution in [3.8, 4) is 0 Å². The minimum atomic E-state index is -3.80. The first-order chi connectivity index (χ1) is 11.9. The van der Waals surface area contributed by atoms with Gasteiger partial charge in [0.05, 0.1) is 28.1 Å². The number of para-hydroxylation sites is 1. The normalized spacial score (nSPS) is 11.4. The SMILES string of the molecule is O=C(CNS(=O)(=O)c1ccccc1)N/N=C\c1ccccc1[N+](=O)[O-]. The fourth-order valence-electron chi connectivity index (χ4n) is 1.82. The van der Waals surface area contributed by atoms with E-state index >= 15 is 0 Å². The number of carbonyl (C=O) groups excluding carboxylic acids is 1. The third-order valence-corrected chi connectivity index (χ3v) is 4.42. The van der Waals surface area contributed by atoms with Crippen LogP contribution < -0.4 is 10.1 Å². The van der Waals surface area contributed by atoms with Gasteiger partial charge in [-0.25, -0.2) is 18.6 Å². The van der Waals surface area contributed by atoms with Gasteiger partial charge in [-0.1, -0.05) is 30.3 Å². The molecule has 0 aliphatic carbocycles. The summed E-state index contributed by atoms with van der Waals surface area (Å²) >= 11 is 0. The lowest BCUT2D eigenvalue weighted by molar-refractivity contribution is -0.385. The molecule has 130 valence electrons. The molecule has 25 heavy (non-hydrogen) atoms. The average Bonchev–Trinajstić information content (AvgIpc) is 2.61. The summed E-state index contributed by atoms with van der Waals surface area (Å²) in [6.45, 7) is -0.522. The molecule has 9 nitrogen and oxygen atoms in total. The number of hydrazone groups is 1. The van der Waals surface area contributed by atoms with Crippen molar-refractivity contribution in [2.24, 2.45) is 5.10 Å². The van der Waals surface area contributed by atoms with Crippen molar-refractivity contribution >= 4 is 27.8 Å². The second-order valence-electron chi connectivity index (χ2n) is 4.75. The lowest BCUT2D eigenvalue weighted by Crippen LogP contribution is -2.34. The van der Waals surface area contributed by atoms with Crippen LogP contribution in [-0.2, 0) is 14.8 Å². The number of nitro benzene ring substituents is 1. The number of nitrogens with one attached hydrogen (secondary N) is 2. The van der Waals surface area contributed by atoms with Crippen molar-refractivity contribution in [3.63, 3.8) is 0 Å². The number of hydrogen-bond acceptors (Lipinski definition) is 6. The molecule has 0 fully saturated rings. The Kier molecular flexibility index (Phi) is 5.93. The second kappa shape index (κ2) is 8.13. The van der Waals surface area contributed by atoms with Crippen LogP contribution in [0, 0.1) is 10.1 Å². The fourth-order valence-corrected chi connectivity index (χ4v) is 2.82. The summed E-state index contributed by atoms with van der Waals surface area (Å²) in [5.41, 5.74) is 2.15. The van der Waals surface area contributed by atoms with Crippen LogP contribution in [0.4, 0.5) is 5.69 Å². The largest absolute Gasteiger partial charge is 0.278 e. The van der Waals surface area contributed by atoms with Crippen molar-refractivity contribution in [2.45, 2.75) is 4.90 Å². The Morgan fingerprint density at radius 3 is 2.44 bits per heavy atom. The van der Waals surface area contributed by atoms with E-state index in [1.165, 1.54) is 30.3 Å². The number of sulfonamides is 1. The first kappa shape index (κ1) is 18.2. The van der Waals surface area contributed by atoms with E-state index in [0.717, 1.165) is 6.21 Å². The molecule has 2 rings (SSSR count). The van der Waals surface area contributed by atoms with E-state index < -0.39 is 27.4 Å². The Hall–Kier alpha value is -3.11. The minimum absolute atomic E-state index is 0.0335. The van der Waals surface area contributed by atoms with E-state index in [0.29, 0.717) is 0 Å². The van der Waals surface area contributed by atoms with Gasteiger partial charge in [-0.2, -0.15) is 5.10 Å². The maximum Gasteiger partial charge on any atom is 0.278 e. The van der Waals surface area contributed by atoms with E-state index in [4.69, 9.17) is 0 Å². The Balaban J connectivity index is 1.92. The number of hydrogen-bond donors (Lipinski definition) is 2. The van der Waals surface area contributed by atoms with Gasteiger partial charge in [0, 0.05) is 6.07 Å². The monoisotopic (exact) mass is 362 g/mol. The molecule has 0 atom stereocenters. The van der Waals surface area contributed by atoms with E-state index in [2.05, 4.69) is 15.2 Å². The van der Waals surface area contributed by atoms with Crippen LogP contribution >= 0.6 is 0 Å². The number of nitrogens with zero attached hydrogens (tertiary/aromatic N) is 2. The van der Waals surface area contributed by atoms with Crippen molar-refractivity contribution in [1.82, 2.24) is 10.1 Å². The molecule has 0 radical (unpaired) electrons. The van der Waals surface area contributed by atoms with Gasteiger partial charge in [-0.05, 0) is 18.2 Å². The number of benzene rings is 2. The zero-order chi connectivity index (χ0) is 18.3. The topological polar surface area (TPSA) is 131 Å². The molecule has 0 spiro atoms. The molecule has 0 heterocycles. The van der Waals surface area contributed by atoms with Crippen LogP contribution in [0.25, 0.3) is 0 Å². The van der Waals surface area contributed by atoms with Gasteiger partial charge >= 0.3 is 0 Å². The van der Waals surface area contributed by atoms with Crippen LogP contribution in [0.15, 0.2) is 64.6 Å². The van der Waals surface area contributed by atoms with Gasteiger partial charge < -0.3 is 0 Å². The lowest BCUT2D eigenvalue weighted by atomic mass is 10.2. The summed E-state index contributed by atoms with van der Waals surface area (Å²) in [7, 11) is -3.80. The third-order valence-electron chi connectivity index (χ3n) is 3.00. The third kappa shape index (κ3) is 5.19. The molecule has 2 N–H and O–H groups in total. The summed E-state index contributed by atoms with van der Waals surface area (Å²) in [4.78, 5) is 22.0. The first-order valence-electron chi connectivity index (χ1n) is 7.00. The summed E-state index contributed by atoms with van der Waals surface area (Å²) in [5, 5.41) is 14.4. The average molecular weight is 362 g/mol. The highest BCUT2D eigenvalue weighted by molar-refractivity contribution is 7.89. The van der Waals surface area contributed by atoms with Gasteiger partial charge in [0.2, 0.25) is 10.0 Å². The molecule has 0 saturated carbocycles. The van der Waals surface area contributed by atoms with Gasteiger partial charge in [0.1, 0.15) is 0 Å². The molecule has 0 bridgehead atoms. The van der Waals surface area contributed by atoms with Crippen LogP contribution in [0.2, 0.25) is 0 Å². The molecule has 0 aliphatic heterocycles. The molecule has 0 aromatic heterocycles. The number of rotatable bonds is 7. The molecule has 2 aromatic carbocycles. The Labute approximate surface area is 143 Å². The summed E-state index contributed by atoms with van der Waals surface area (Å²) in [6, 6.07) is 13.4. The molecular formula is C15H14N4O5S. The van der Waals surface area contributed by atoms with Crippen LogP contribution in [-0.4, -0.2) is 32.0 Å². The van der Waals surface area contributed by atoms with Crippen LogP contribution in [0.1, 0.15) is 5.56 Å². The van der Waals surface area contributed by atoms with Crippen molar-refractivity contribution < 1.29 is 18.1 Å². The second-order valence-corrected chi connectivity index (χ2v) is 6.51. The molecule has 0 saturated heterocycles. The van der Waals surface area contributed by atoms with E-state index in [1.54, 1.807) is 24.3 Å². The first-order valence-corrected chi connectivity index (χ1v) is 8.48. The van der Waals surface area contributed by atoms with Crippen molar-refractivity contribution in [1.29, 1.82) is 0 Å². The highest BCUT2D eigenvalue weighted by Crippen LogP contribution is 2.14. The van der Waals surface area contributed by atoms with E-state index in [1.807, 2.05) is 0 Å². The summed E-state index contributed by atoms with van der Waals surface area (Å²) in [6.07, 6.45) is 1.11. The predicted molar refractivity (Wildman–Crippen MR) is 90.5 cm³/mol. The highest BCUT2D eigenvalue weighted by atomic mass is 32.2. The van der Waals surface area contributed by atoms with Crippen LogP contribution in [0.3, 0.4) is 0 Å². The predicted octanol–water partition coefficient (Wildman–Crippen LogP) is 1.02. The summed E-state index contributed by atoms with van der Waals surface area (Å²) in [5.74, 6) is -0.714. The quantitative estimate of drug-likeness (QED) is 0.431. The fraction of sp³-hybridized carbons (Fsp3) is 0.0667. The zero-order valence-electron chi connectivity index (χ0n) is 12.8. The van der Waals surface area contributed by atoms with Crippen molar-refractivity contribution in [2.75, 3.05) is 6.54 Å².